The van der Waals surface area contributed by atoms with E-state index < -0.39 is 10.0 Å². The molecule has 4 nitrogen and oxygen atoms in total. The Balaban J connectivity index is 1.48. The van der Waals surface area contributed by atoms with E-state index in [9.17, 15) is 8.42 Å². The van der Waals surface area contributed by atoms with Crippen molar-refractivity contribution in [2.45, 2.75) is 31.7 Å². The molecule has 1 N–H and O–H groups in total. The lowest BCUT2D eigenvalue weighted by Gasteiger charge is -2.24. The largest absolute Gasteiger partial charge is 0.361 e. The molecule has 1 aliphatic heterocycles. The van der Waals surface area contributed by atoms with E-state index in [2.05, 4.69) is 17.1 Å². The molecule has 0 radical (unpaired) electrons. The van der Waals surface area contributed by atoms with E-state index >= 15 is 0 Å². The van der Waals surface area contributed by atoms with E-state index in [1.807, 2.05) is 48.7 Å². The van der Waals surface area contributed by atoms with Gasteiger partial charge >= 0.3 is 0 Å². The Morgan fingerprint density at radius 2 is 1.81 bits per heavy atom. The minimum atomic E-state index is -3.24. The van der Waals surface area contributed by atoms with Gasteiger partial charge in [0.05, 0.1) is 5.75 Å². The van der Waals surface area contributed by atoms with Gasteiger partial charge in [0.1, 0.15) is 0 Å². The van der Waals surface area contributed by atoms with E-state index in [0.717, 1.165) is 30.3 Å². The smallest absolute Gasteiger partial charge is 0.214 e. The first-order valence-electron chi connectivity index (χ1n) is 9.22. The van der Waals surface area contributed by atoms with Crippen molar-refractivity contribution >= 4 is 20.9 Å². The van der Waals surface area contributed by atoms with Gasteiger partial charge in [-0.3, -0.25) is 0 Å². The van der Waals surface area contributed by atoms with Gasteiger partial charge in [-0.1, -0.05) is 48.5 Å². The fourth-order valence-electron chi connectivity index (χ4n) is 3.94. The lowest BCUT2D eigenvalue weighted by atomic mass is 10.0. The van der Waals surface area contributed by atoms with Crippen molar-refractivity contribution in [3.63, 3.8) is 0 Å². The van der Waals surface area contributed by atoms with Crippen molar-refractivity contribution in [1.82, 2.24) is 9.29 Å². The second kappa shape index (κ2) is 7.25. The van der Waals surface area contributed by atoms with Crippen LogP contribution in [0.1, 0.15) is 24.0 Å². The number of aromatic amines is 1. The molecule has 0 saturated carbocycles. The molecule has 2 aromatic carbocycles. The first-order chi connectivity index (χ1) is 12.6. The lowest BCUT2D eigenvalue weighted by molar-refractivity contribution is 0.386. The Labute approximate surface area is 154 Å². The number of H-pyrrole nitrogens is 1. The summed E-state index contributed by atoms with van der Waals surface area (Å²) in [6, 6.07) is 18.1. The summed E-state index contributed by atoms with van der Waals surface area (Å²) in [5.41, 5.74) is 3.39. The zero-order valence-corrected chi connectivity index (χ0v) is 15.6. The molecule has 136 valence electrons. The topological polar surface area (TPSA) is 53.2 Å². The third-order valence-corrected chi connectivity index (χ3v) is 7.22. The molecule has 1 aliphatic rings. The molecule has 4 rings (SSSR count). The van der Waals surface area contributed by atoms with Gasteiger partial charge in [0, 0.05) is 29.7 Å². The van der Waals surface area contributed by atoms with Crippen LogP contribution in [0, 0.1) is 0 Å². The fraction of sp³-hybridized carbons (Fsp3) is 0.333. The third-order valence-electron chi connectivity index (χ3n) is 5.30. The molecule has 0 amide bonds. The van der Waals surface area contributed by atoms with Gasteiger partial charge in [0.15, 0.2) is 0 Å². The van der Waals surface area contributed by atoms with Crippen molar-refractivity contribution in [3.8, 4) is 0 Å². The molecule has 0 bridgehead atoms. The van der Waals surface area contributed by atoms with E-state index in [-0.39, 0.29) is 11.8 Å². The Morgan fingerprint density at radius 1 is 1.04 bits per heavy atom. The first kappa shape index (κ1) is 17.3. The molecule has 2 heterocycles. The van der Waals surface area contributed by atoms with Crippen LogP contribution >= 0.6 is 0 Å². The quantitative estimate of drug-likeness (QED) is 0.720. The molecule has 0 spiro atoms. The lowest BCUT2D eigenvalue weighted by Crippen LogP contribution is -2.38. The molecule has 3 aromatic rings. The van der Waals surface area contributed by atoms with Crippen LogP contribution in [-0.2, 0) is 22.9 Å². The zero-order chi connectivity index (χ0) is 18.0. The Morgan fingerprint density at radius 3 is 2.65 bits per heavy atom. The highest BCUT2D eigenvalue weighted by Gasteiger charge is 2.34. The normalized spacial score (nSPS) is 18.5. The number of nitrogens with zero attached hydrogens (tertiary/aromatic N) is 1. The van der Waals surface area contributed by atoms with Gasteiger partial charge in [0.2, 0.25) is 10.0 Å². The summed E-state index contributed by atoms with van der Waals surface area (Å²) in [7, 11) is -3.24. The monoisotopic (exact) mass is 368 g/mol. The van der Waals surface area contributed by atoms with Crippen LogP contribution in [0.3, 0.4) is 0 Å². The number of hydrogen-bond donors (Lipinski definition) is 1. The third kappa shape index (κ3) is 3.55. The molecule has 0 aliphatic carbocycles. The SMILES string of the molecule is O=S(=O)(CCc1ccccc1)N1CCCC1Cc1c[nH]c2ccccc12. The second-order valence-electron chi connectivity index (χ2n) is 7.02. The molecule has 1 unspecified atom stereocenters. The van der Waals surface area contributed by atoms with Crippen molar-refractivity contribution < 1.29 is 8.42 Å². The van der Waals surface area contributed by atoms with Crippen LogP contribution in [0.2, 0.25) is 0 Å². The van der Waals surface area contributed by atoms with Crippen LogP contribution < -0.4 is 0 Å². The highest BCUT2D eigenvalue weighted by atomic mass is 32.2. The number of sulfonamides is 1. The number of nitrogens with one attached hydrogen (secondary N) is 1. The Hall–Kier alpha value is -2.11. The van der Waals surface area contributed by atoms with Crippen molar-refractivity contribution in [3.05, 3.63) is 71.9 Å². The maximum atomic E-state index is 12.9. The van der Waals surface area contributed by atoms with E-state index in [1.54, 1.807) is 4.31 Å². The van der Waals surface area contributed by atoms with Gasteiger partial charge in [0.25, 0.3) is 0 Å². The van der Waals surface area contributed by atoms with Crippen LogP contribution in [-0.4, -0.2) is 36.0 Å². The standard InChI is InChI=1S/C21H24N2O2S/c24-26(25,14-12-17-7-2-1-3-8-17)23-13-6-9-19(23)15-18-16-22-21-11-5-4-10-20(18)21/h1-5,7-8,10-11,16,19,22H,6,9,12-15H2. The molecule has 1 saturated heterocycles. The van der Waals surface area contributed by atoms with Gasteiger partial charge < -0.3 is 4.98 Å². The second-order valence-corrected chi connectivity index (χ2v) is 9.06. The molecular formula is C21H24N2O2S. The number of aromatic nitrogens is 1. The number of para-hydroxylation sites is 1. The summed E-state index contributed by atoms with van der Waals surface area (Å²) in [5.74, 6) is 0.182. The van der Waals surface area contributed by atoms with Gasteiger partial charge in [-0.05, 0) is 42.9 Å². The number of fused-ring (bicyclic) bond motifs is 1. The minimum Gasteiger partial charge on any atom is -0.361 e. The average molecular weight is 369 g/mol. The highest BCUT2D eigenvalue weighted by Crippen LogP contribution is 2.28. The summed E-state index contributed by atoms with van der Waals surface area (Å²) < 4.78 is 27.6. The van der Waals surface area contributed by atoms with Crippen LogP contribution in [0.4, 0.5) is 0 Å². The summed E-state index contributed by atoms with van der Waals surface area (Å²) in [6.45, 7) is 0.643. The average Bonchev–Trinajstić information content (AvgIpc) is 3.29. The molecule has 1 atom stereocenters. The highest BCUT2D eigenvalue weighted by molar-refractivity contribution is 7.89. The summed E-state index contributed by atoms with van der Waals surface area (Å²) >= 11 is 0. The van der Waals surface area contributed by atoms with E-state index in [0.29, 0.717) is 13.0 Å². The zero-order valence-electron chi connectivity index (χ0n) is 14.8. The van der Waals surface area contributed by atoms with Gasteiger partial charge in [-0.15, -0.1) is 0 Å². The molecule has 26 heavy (non-hydrogen) atoms. The molecule has 5 heteroatoms. The van der Waals surface area contributed by atoms with Crippen molar-refractivity contribution in [1.29, 1.82) is 0 Å². The number of benzene rings is 2. The summed E-state index contributed by atoms with van der Waals surface area (Å²) in [6.07, 6.45) is 5.24. The molecule has 1 aromatic heterocycles. The predicted octanol–water partition coefficient (Wildman–Crippen LogP) is 3.75. The number of rotatable bonds is 6. The van der Waals surface area contributed by atoms with Gasteiger partial charge in [-0.2, -0.15) is 4.31 Å². The first-order valence-corrected chi connectivity index (χ1v) is 10.8. The van der Waals surface area contributed by atoms with E-state index in [4.69, 9.17) is 0 Å². The van der Waals surface area contributed by atoms with Crippen LogP contribution in [0.15, 0.2) is 60.8 Å². The van der Waals surface area contributed by atoms with Crippen LogP contribution in [0.5, 0.6) is 0 Å². The summed E-state index contributed by atoms with van der Waals surface area (Å²) in [5, 5.41) is 1.20. The van der Waals surface area contributed by atoms with Gasteiger partial charge in [-0.25, -0.2) is 8.42 Å². The molecule has 1 fully saturated rings. The number of hydrogen-bond acceptors (Lipinski definition) is 2. The maximum Gasteiger partial charge on any atom is 0.214 e. The van der Waals surface area contributed by atoms with Crippen LogP contribution in [0.25, 0.3) is 10.9 Å². The molecular weight excluding hydrogens is 344 g/mol. The Kier molecular flexibility index (Phi) is 4.83. The Bertz CT molecular complexity index is 979. The maximum absolute atomic E-state index is 12.9. The van der Waals surface area contributed by atoms with E-state index in [1.165, 1.54) is 10.9 Å². The number of aryl methyl sites for hydroxylation is 1. The summed E-state index contributed by atoms with van der Waals surface area (Å²) in [4.78, 5) is 3.29. The van der Waals surface area contributed by atoms with Crippen molar-refractivity contribution in [2.24, 2.45) is 0 Å². The van der Waals surface area contributed by atoms with Crippen molar-refractivity contribution in [2.75, 3.05) is 12.3 Å². The fourth-order valence-corrected chi connectivity index (χ4v) is 5.71. The predicted molar refractivity (Wildman–Crippen MR) is 106 cm³/mol. The minimum absolute atomic E-state index is 0.0648.